The molecule has 1 heterocycles. The average molecular weight is 190 g/mol. The highest BCUT2D eigenvalue weighted by Crippen LogP contribution is 1.97. The largest absolute Gasteiger partial charge is 0.380 e. The third-order valence-corrected chi connectivity index (χ3v) is 1.71. The summed E-state index contributed by atoms with van der Waals surface area (Å²) in [6.07, 6.45) is 1.50. The predicted molar refractivity (Wildman–Crippen MR) is 46.1 cm³/mol. The Kier molecular flexibility index (Phi) is 4.04. The van der Waals surface area contributed by atoms with E-state index in [1.165, 1.54) is 6.33 Å². The van der Waals surface area contributed by atoms with Crippen molar-refractivity contribution in [2.45, 2.75) is 19.3 Å². The van der Waals surface area contributed by atoms with Gasteiger partial charge in [0.1, 0.15) is 12.2 Å². The minimum absolute atomic E-state index is 0.395. The van der Waals surface area contributed by atoms with E-state index in [1.807, 2.05) is 6.92 Å². The van der Waals surface area contributed by atoms with Crippen LogP contribution in [0.1, 0.15) is 12.7 Å². The highest BCUT2D eigenvalue weighted by atomic mass is 35.5. The van der Waals surface area contributed by atoms with Crippen LogP contribution in [0.3, 0.4) is 0 Å². The van der Waals surface area contributed by atoms with Gasteiger partial charge in [-0.05, 0) is 6.92 Å². The van der Waals surface area contributed by atoms with E-state index in [0.29, 0.717) is 12.5 Å². The van der Waals surface area contributed by atoms with Gasteiger partial charge in [-0.25, -0.2) is 9.67 Å². The van der Waals surface area contributed by atoms with Gasteiger partial charge in [-0.15, -0.1) is 11.6 Å². The summed E-state index contributed by atoms with van der Waals surface area (Å²) in [5.41, 5.74) is 0. The summed E-state index contributed by atoms with van der Waals surface area (Å²) in [5.74, 6) is 1.18. The van der Waals surface area contributed by atoms with E-state index in [-0.39, 0.29) is 0 Å². The molecule has 68 valence electrons. The molecule has 0 aromatic carbocycles. The fourth-order valence-corrected chi connectivity index (χ4v) is 1.08. The average Bonchev–Trinajstić information content (AvgIpc) is 2.52. The van der Waals surface area contributed by atoms with Gasteiger partial charge >= 0.3 is 0 Å². The molecule has 0 spiro atoms. The topological polar surface area (TPSA) is 39.9 Å². The van der Waals surface area contributed by atoms with Crippen molar-refractivity contribution in [2.75, 3.05) is 13.2 Å². The molecule has 0 aliphatic rings. The van der Waals surface area contributed by atoms with E-state index < -0.39 is 0 Å². The van der Waals surface area contributed by atoms with Crippen LogP contribution in [0.4, 0.5) is 0 Å². The van der Waals surface area contributed by atoms with E-state index in [9.17, 15) is 0 Å². The maximum atomic E-state index is 5.62. The summed E-state index contributed by atoms with van der Waals surface area (Å²) < 4.78 is 6.93. The minimum Gasteiger partial charge on any atom is -0.380 e. The van der Waals surface area contributed by atoms with Crippen LogP contribution in [0.15, 0.2) is 6.33 Å². The first-order valence-corrected chi connectivity index (χ1v) is 4.42. The molecule has 0 saturated heterocycles. The maximum Gasteiger partial charge on any atom is 0.141 e. The van der Waals surface area contributed by atoms with Crippen LogP contribution in [0.2, 0.25) is 0 Å². The Morgan fingerprint density at radius 3 is 3.17 bits per heavy atom. The molecule has 0 saturated carbocycles. The molecule has 0 N–H and O–H groups in total. The lowest BCUT2D eigenvalue weighted by Gasteiger charge is -2.03. The van der Waals surface area contributed by atoms with Gasteiger partial charge in [-0.3, -0.25) is 0 Å². The summed E-state index contributed by atoms with van der Waals surface area (Å²) in [6, 6.07) is 0. The van der Waals surface area contributed by atoms with Crippen LogP contribution in [0, 0.1) is 0 Å². The molecule has 0 aliphatic carbocycles. The molecule has 12 heavy (non-hydrogen) atoms. The highest BCUT2D eigenvalue weighted by Gasteiger charge is 2.00. The molecule has 0 unspecified atom stereocenters. The zero-order valence-corrected chi connectivity index (χ0v) is 7.79. The van der Waals surface area contributed by atoms with E-state index in [2.05, 4.69) is 10.1 Å². The quantitative estimate of drug-likeness (QED) is 0.514. The number of ether oxygens (including phenoxy) is 1. The third kappa shape index (κ3) is 2.46. The molecule has 0 radical (unpaired) electrons. The first-order chi connectivity index (χ1) is 5.88. The summed E-state index contributed by atoms with van der Waals surface area (Å²) in [5, 5.41) is 4.00. The third-order valence-electron chi connectivity index (χ3n) is 1.47. The number of rotatable bonds is 5. The van der Waals surface area contributed by atoms with Crippen LogP contribution in [-0.2, 0) is 17.2 Å². The molecule has 0 fully saturated rings. The van der Waals surface area contributed by atoms with E-state index >= 15 is 0 Å². The number of halogens is 1. The van der Waals surface area contributed by atoms with E-state index in [1.54, 1.807) is 4.68 Å². The molecular formula is C7H12ClN3O. The first kappa shape index (κ1) is 9.48. The van der Waals surface area contributed by atoms with Crippen LogP contribution >= 0.6 is 11.6 Å². The fraction of sp³-hybridized carbons (Fsp3) is 0.714. The normalized spacial score (nSPS) is 10.5. The fourth-order valence-electron chi connectivity index (χ4n) is 0.874. The van der Waals surface area contributed by atoms with Gasteiger partial charge in [0, 0.05) is 6.61 Å². The number of alkyl halides is 1. The monoisotopic (exact) mass is 189 g/mol. The van der Waals surface area contributed by atoms with E-state index in [0.717, 1.165) is 19.0 Å². The number of hydrogen-bond acceptors (Lipinski definition) is 3. The van der Waals surface area contributed by atoms with Gasteiger partial charge in [0.05, 0.1) is 19.0 Å². The van der Waals surface area contributed by atoms with Gasteiger partial charge in [-0.1, -0.05) is 0 Å². The summed E-state index contributed by atoms with van der Waals surface area (Å²) in [4.78, 5) is 3.98. The van der Waals surface area contributed by atoms with Crippen LogP contribution in [0.25, 0.3) is 0 Å². The van der Waals surface area contributed by atoms with Crippen molar-refractivity contribution < 1.29 is 4.74 Å². The molecule has 1 aromatic rings. The second kappa shape index (κ2) is 5.11. The highest BCUT2D eigenvalue weighted by molar-refractivity contribution is 6.16. The number of hydrogen-bond donors (Lipinski definition) is 0. The molecule has 0 bridgehead atoms. The Morgan fingerprint density at radius 1 is 1.67 bits per heavy atom. The van der Waals surface area contributed by atoms with Gasteiger partial charge in [0.15, 0.2) is 0 Å². The van der Waals surface area contributed by atoms with Gasteiger partial charge in [-0.2, -0.15) is 5.10 Å². The zero-order valence-electron chi connectivity index (χ0n) is 7.03. The second-order valence-electron chi connectivity index (χ2n) is 2.23. The Morgan fingerprint density at radius 2 is 2.50 bits per heavy atom. The summed E-state index contributed by atoms with van der Waals surface area (Å²) >= 11 is 5.62. The Bertz CT molecular complexity index is 226. The summed E-state index contributed by atoms with van der Waals surface area (Å²) in [6.45, 7) is 4.06. The molecule has 1 rings (SSSR count). The lowest BCUT2D eigenvalue weighted by Crippen LogP contribution is -2.09. The molecular weight excluding hydrogens is 178 g/mol. The second-order valence-corrected chi connectivity index (χ2v) is 2.50. The van der Waals surface area contributed by atoms with Crippen LogP contribution < -0.4 is 0 Å². The molecule has 0 aliphatic heterocycles. The van der Waals surface area contributed by atoms with Crippen LogP contribution in [-0.4, -0.2) is 28.0 Å². The van der Waals surface area contributed by atoms with Crippen molar-refractivity contribution in [3.63, 3.8) is 0 Å². The Hall–Kier alpha value is -0.610. The molecule has 0 amide bonds. The van der Waals surface area contributed by atoms with Gasteiger partial charge in [0.2, 0.25) is 0 Å². The predicted octanol–water partition coefficient (Wildman–Crippen LogP) is 1.05. The van der Waals surface area contributed by atoms with Crippen molar-refractivity contribution in [2.24, 2.45) is 0 Å². The standard InChI is InChI=1S/C7H12ClN3O/c1-2-12-4-3-11-7(5-8)9-6-10-11/h6H,2-5H2,1H3. The van der Waals surface area contributed by atoms with Crippen molar-refractivity contribution in [1.82, 2.24) is 14.8 Å². The summed E-state index contributed by atoms with van der Waals surface area (Å²) in [7, 11) is 0. The first-order valence-electron chi connectivity index (χ1n) is 3.89. The van der Waals surface area contributed by atoms with Crippen LogP contribution in [0.5, 0.6) is 0 Å². The lowest BCUT2D eigenvalue weighted by atomic mass is 10.6. The van der Waals surface area contributed by atoms with E-state index in [4.69, 9.17) is 16.3 Å². The smallest absolute Gasteiger partial charge is 0.141 e. The van der Waals surface area contributed by atoms with Crippen molar-refractivity contribution in [3.8, 4) is 0 Å². The Balaban J connectivity index is 2.39. The maximum absolute atomic E-state index is 5.62. The molecule has 5 heteroatoms. The minimum atomic E-state index is 0.395. The number of nitrogens with zero attached hydrogens (tertiary/aromatic N) is 3. The van der Waals surface area contributed by atoms with Gasteiger partial charge < -0.3 is 4.74 Å². The molecule has 4 nitrogen and oxygen atoms in total. The molecule has 1 aromatic heterocycles. The lowest BCUT2D eigenvalue weighted by molar-refractivity contribution is 0.135. The molecule has 0 atom stereocenters. The Labute approximate surface area is 76.5 Å². The van der Waals surface area contributed by atoms with Crippen molar-refractivity contribution in [3.05, 3.63) is 12.2 Å². The zero-order chi connectivity index (χ0) is 8.81. The SMILES string of the molecule is CCOCCn1ncnc1CCl. The van der Waals surface area contributed by atoms with Crippen molar-refractivity contribution in [1.29, 1.82) is 0 Å². The van der Waals surface area contributed by atoms with Crippen molar-refractivity contribution >= 4 is 11.6 Å². The number of aromatic nitrogens is 3. The van der Waals surface area contributed by atoms with Gasteiger partial charge in [0.25, 0.3) is 0 Å².